The summed E-state index contributed by atoms with van der Waals surface area (Å²) in [5.74, 6) is -1.89. The molecule has 90 valence electrons. The Balaban J connectivity index is 2.41. The van der Waals surface area contributed by atoms with Gasteiger partial charge in [0.2, 0.25) is 5.91 Å². The molecule has 1 aliphatic rings. The molecule has 1 saturated heterocycles. The van der Waals surface area contributed by atoms with Crippen LogP contribution in [0.4, 0.5) is 10.1 Å². The van der Waals surface area contributed by atoms with E-state index in [9.17, 15) is 19.1 Å². The van der Waals surface area contributed by atoms with Crippen LogP contribution in [0.5, 0.6) is 0 Å². The molecule has 0 spiro atoms. The second-order valence-electron chi connectivity index (χ2n) is 3.86. The quantitative estimate of drug-likeness (QED) is 0.747. The largest absolute Gasteiger partial charge is 0.383 e. The second-order valence-corrected chi connectivity index (χ2v) is 3.86. The first-order valence-corrected chi connectivity index (χ1v) is 5.06. The van der Waals surface area contributed by atoms with Crippen molar-refractivity contribution in [3.63, 3.8) is 0 Å². The smallest absolute Gasteiger partial charge is 0.256 e. The molecule has 3 N–H and O–H groups in total. The van der Waals surface area contributed by atoms with E-state index in [1.807, 2.05) is 0 Å². The number of benzene rings is 1. The van der Waals surface area contributed by atoms with Gasteiger partial charge in [-0.2, -0.15) is 0 Å². The number of primary amides is 1. The van der Waals surface area contributed by atoms with E-state index in [2.05, 4.69) is 0 Å². The standard InChI is InChI=1S/C11H11FN2O3/c12-6-2-1-3-7(4-6)14-8(10(13)16)5-9(15)11(14)17/h1-4,8-9,15H,5H2,(H2,13,16). The van der Waals surface area contributed by atoms with Crippen LogP contribution in [0, 0.1) is 5.82 Å². The van der Waals surface area contributed by atoms with Gasteiger partial charge in [-0.15, -0.1) is 0 Å². The molecule has 2 unspecified atom stereocenters. The van der Waals surface area contributed by atoms with E-state index < -0.39 is 29.8 Å². The molecule has 0 aliphatic carbocycles. The van der Waals surface area contributed by atoms with E-state index >= 15 is 0 Å². The summed E-state index contributed by atoms with van der Waals surface area (Å²) >= 11 is 0. The van der Waals surface area contributed by atoms with Gasteiger partial charge in [0.15, 0.2) is 0 Å². The third-order valence-corrected chi connectivity index (χ3v) is 2.70. The van der Waals surface area contributed by atoms with E-state index in [4.69, 9.17) is 5.73 Å². The maximum Gasteiger partial charge on any atom is 0.256 e. The summed E-state index contributed by atoms with van der Waals surface area (Å²) in [7, 11) is 0. The number of halogens is 1. The van der Waals surface area contributed by atoms with Crippen molar-refractivity contribution in [2.75, 3.05) is 4.90 Å². The molecule has 1 aromatic carbocycles. The first-order valence-electron chi connectivity index (χ1n) is 5.06. The lowest BCUT2D eigenvalue weighted by molar-refractivity contribution is -0.124. The molecule has 1 fully saturated rings. The van der Waals surface area contributed by atoms with Crippen LogP contribution in [0.1, 0.15) is 6.42 Å². The fourth-order valence-electron chi connectivity index (χ4n) is 1.91. The molecule has 0 saturated carbocycles. The molecule has 1 aliphatic heterocycles. The minimum atomic E-state index is -1.27. The van der Waals surface area contributed by atoms with Gasteiger partial charge in [0.1, 0.15) is 18.0 Å². The molecule has 0 aromatic heterocycles. The molecule has 1 heterocycles. The van der Waals surface area contributed by atoms with Crippen LogP contribution in [0.15, 0.2) is 24.3 Å². The Morgan fingerprint density at radius 1 is 1.53 bits per heavy atom. The molecule has 0 radical (unpaired) electrons. The molecule has 2 atom stereocenters. The number of anilines is 1. The van der Waals surface area contributed by atoms with Crippen LogP contribution in [0.2, 0.25) is 0 Å². The number of aliphatic hydroxyl groups excluding tert-OH is 1. The van der Waals surface area contributed by atoms with Gasteiger partial charge in [-0.3, -0.25) is 14.5 Å². The Labute approximate surface area is 96.6 Å². The monoisotopic (exact) mass is 238 g/mol. The zero-order chi connectivity index (χ0) is 12.6. The predicted molar refractivity (Wildman–Crippen MR) is 57.5 cm³/mol. The van der Waals surface area contributed by atoms with Gasteiger partial charge >= 0.3 is 0 Å². The molecular formula is C11H11FN2O3. The molecule has 2 rings (SSSR count). The predicted octanol–water partition coefficient (Wildman–Crippen LogP) is -0.223. The van der Waals surface area contributed by atoms with Crippen molar-refractivity contribution >= 4 is 17.5 Å². The Kier molecular flexibility index (Phi) is 2.81. The minimum Gasteiger partial charge on any atom is -0.383 e. The van der Waals surface area contributed by atoms with E-state index in [1.165, 1.54) is 18.2 Å². The van der Waals surface area contributed by atoms with Crippen LogP contribution in [-0.4, -0.2) is 29.1 Å². The summed E-state index contributed by atoms with van der Waals surface area (Å²) in [5.41, 5.74) is 5.37. The number of hydrogen-bond donors (Lipinski definition) is 2. The Hall–Kier alpha value is -1.95. The highest BCUT2D eigenvalue weighted by Crippen LogP contribution is 2.27. The van der Waals surface area contributed by atoms with E-state index in [1.54, 1.807) is 0 Å². The number of carbonyl (C=O) groups excluding carboxylic acids is 2. The molecule has 0 bridgehead atoms. The van der Waals surface area contributed by atoms with E-state index in [0.29, 0.717) is 0 Å². The molecule has 5 nitrogen and oxygen atoms in total. The van der Waals surface area contributed by atoms with Crippen molar-refractivity contribution in [1.82, 2.24) is 0 Å². The average Bonchev–Trinajstić information content (AvgIpc) is 2.56. The fourth-order valence-corrected chi connectivity index (χ4v) is 1.91. The lowest BCUT2D eigenvalue weighted by Crippen LogP contribution is -2.42. The van der Waals surface area contributed by atoms with Crippen molar-refractivity contribution in [2.45, 2.75) is 18.6 Å². The number of aliphatic hydroxyl groups is 1. The lowest BCUT2D eigenvalue weighted by atomic mass is 10.2. The Morgan fingerprint density at radius 3 is 2.82 bits per heavy atom. The number of amides is 2. The van der Waals surface area contributed by atoms with Gasteiger partial charge in [0, 0.05) is 12.1 Å². The van der Waals surface area contributed by atoms with Gasteiger partial charge in [-0.25, -0.2) is 4.39 Å². The Morgan fingerprint density at radius 2 is 2.24 bits per heavy atom. The van der Waals surface area contributed by atoms with Crippen LogP contribution < -0.4 is 10.6 Å². The van der Waals surface area contributed by atoms with Gasteiger partial charge in [0.05, 0.1) is 0 Å². The first kappa shape index (κ1) is 11.5. The first-order chi connectivity index (χ1) is 8.00. The maximum absolute atomic E-state index is 13.1. The van der Waals surface area contributed by atoms with Crippen LogP contribution in [0.3, 0.4) is 0 Å². The van der Waals surface area contributed by atoms with Crippen molar-refractivity contribution in [1.29, 1.82) is 0 Å². The van der Waals surface area contributed by atoms with Crippen molar-refractivity contribution in [3.8, 4) is 0 Å². The second kappa shape index (κ2) is 4.14. The van der Waals surface area contributed by atoms with Gasteiger partial charge in [-0.05, 0) is 18.2 Å². The van der Waals surface area contributed by atoms with Gasteiger partial charge < -0.3 is 10.8 Å². The molecule has 1 aromatic rings. The summed E-state index contributed by atoms with van der Waals surface area (Å²) in [6, 6.07) is 4.31. The minimum absolute atomic E-state index is 0.0648. The zero-order valence-electron chi connectivity index (χ0n) is 8.84. The average molecular weight is 238 g/mol. The summed E-state index contributed by atoms with van der Waals surface area (Å²) in [5, 5.41) is 9.43. The number of nitrogens with zero attached hydrogens (tertiary/aromatic N) is 1. The topological polar surface area (TPSA) is 83.6 Å². The molecule has 6 heteroatoms. The van der Waals surface area contributed by atoms with E-state index in [0.717, 1.165) is 11.0 Å². The van der Waals surface area contributed by atoms with Crippen LogP contribution in [0.25, 0.3) is 0 Å². The maximum atomic E-state index is 13.1. The van der Waals surface area contributed by atoms with Crippen molar-refractivity contribution in [3.05, 3.63) is 30.1 Å². The Bertz CT molecular complexity index is 478. The van der Waals surface area contributed by atoms with Gasteiger partial charge in [-0.1, -0.05) is 6.07 Å². The summed E-state index contributed by atoms with van der Waals surface area (Å²) < 4.78 is 13.1. The summed E-state index contributed by atoms with van der Waals surface area (Å²) in [6.07, 6.45) is -1.33. The normalized spacial score (nSPS) is 24.1. The van der Waals surface area contributed by atoms with Crippen LogP contribution >= 0.6 is 0 Å². The van der Waals surface area contributed by atoms with Gasteiger partial charge in [0.25, 0.3) is 5.91 Å². The van der Waals surface area contributed by atoms with E-state index in [-0.39, 0.29) is 12.1 Å². The summed E-state index contributed by atoms with van der Waals surface area (Å²) in [6.45, 7) is 0. The highest BCUT2D eigenvalue weighted by atomic mass is 19.1. The summed E-state index contributed by atoms with van der Waals surface area (Å²) in [4.78, 5) is 23.9. The van der Waals surface area contributed by atoms with Crippen molar-refractivity contribution < 1.29 is 19.1 Å². The third kappa shape index (κ3) is 1.99. The molecule has 2 amide bonds. The SMILES string of the molecule is NC(=O)C1CC(O)C(=O)N1c1cccc(F)c1. The number of hydrogen-bond acceptors (Lipinski definition) is 3. The van der Waals surface area contributed by atoms with Crippen molar-refractivity contribution in [2.24, 2.45) is 5.73 Å². The fraction of sp³-hybridized carbons (Fsp3) is 0.273. The number of rotatable bonds is 2. The highest BCUT2D eigenvalue weighted by Gasteiger charge is 2.42. The third-order valence-electron chi connectivity index (χ3n) is 2.70. The number of carbonyl (C=O) groups is 2. The molecule has 17 heavy (non-hydrogen) atoms. The van der Waals surface area contributed by atoms with Crippen LogP contribution in [-0.2, 0) is 9.59 Å². The highest BCUT2D eigenvalue weighted by molar-refractivity contribution is 6.05. The molecular weight excluding hydrogens is 227 g/mol. The zero-order valence-corrected chi connectivity index (χ0v) is 8.84. The lowest BCUT2D eigenvalue weighted by Gasteiger charge is -2.21. The number of nitrogens with two attached hydrogens (primary N) is 1.